The second-order valence-corrected chi connectivity index (χ2v) is 8.26. The predicted molar refractivity (Wildman–Crippen MR) is 112 cm³/mol. The van der Waals surface area contributed by atoms with Crippen LogP contribution in [-0.2, 0) is 20.9 Å². The van der Waals surface area contributed by atoms with E-state index in [-0.39, 0.29) is 17.1 Å². The number of amides is 1. The second kappa shape index (κ2) is 12.7. The molecule has 0 bridgehead atoms. The number of hydrogen-bond acceptors (Lipinski definition) is 8. The number of hydrogen-bond donors (Lipinski definition) is 3. The van der Waals surface area contributed by atoms with E-state index >= 15 is 0 Å². The van der Waals surface area contributed by atoms with Gasteiger partial charge >= 0.3 is 24.3 Å². The summed E-state index contributed by atoms with van der Waals surface area (Å²) in [5.74, 6) is -5.05. The molecule has 4 rings (SSSR count). The number of alkyl halides is 6. The van der Waals surface area contributed by atoms with E-state index in [0.717, 1.165) is 26.2 Å². The van der Waals surface area contributed by atoms with Gasteiger partial charge in [0.15, 0.2) is 0 Å². The molecule has 2 aromatic rings. The van der Waals surface area contributed by atoms with Crippen LogP contribution in [0.3, 0.4) is 0 Å². The molecule has 2 atom stereocenters. The van der Waals surface area contributed by atoms with Crippen molar-refractivity contribution < 1.29 is 60.2 Å². The van der Waals surface area contributed by atoms with E-state index in [1.165, 1.54) is 11.8 Å². The smallest absolute Gasteiger partial charge is 0.475 e. The summed E-state index contributed by atoms with van der Waals surface area (Å²) in [6, 6.07) is 5.66. The third kappa shape index (κ3) is 8.98. The quantitative estimate of drug-likeness (QED) is 0.467. The largest absolute Gasteiger partial charge is 0.490 e. The first-order chi connectivity index (χ1) is 17.6. The highest BCUT2D eigenvalue weighted by molar-refractivity contribution is 5.91. The lowest BCUT2D eigenvalue weighted by atomic mass is 9.81. The van der Waals surface area contributed by atoms with Crippen LogP contribution in [0, 0.1) is 11.3 Å². The van der Waals surface area contributed by atoms with Crippen molar-refractivity contribution in [3.05, 3.63) is 48.1 Å². The zero-order valence-corrected chi connectivity index (χ0v) is 19.3. The van der Waals surface area contributed by atoms with E-state index in [1.54, 1.807) is 6.07 Å². The highest BCUT2D eigenvalue weighted by atomic mass is 19.4. The Kier molecular flexibility index (Phi) is 10.2. The number of carbonyl (C=O) groups excluding carboxylic acids is 1. The average molecular weight is 556 g/mol. The standard InChI is InChI=1S/C17H20N4O3.2C2HF3O2/c22-16(15-3-6-20-24-15)19-10-17-11-21(8-14(17)9-23-12-17)7-13-1-4-18-5-2-13;2*3-2(4,5)1(6)7/h1-6,14H,7-12H2,(H,19,22);2*(H,6,7)/t14-,17+;;/m1../s1. The van der Waals surface area contributed by atoms with E-state index in [2.05, 4.69) is 20.4 Å². The Morgan fingerprint density at radius 1 is 1.03 bits per heavy atom. The SMILES string of the molecule is O=C(NC[C@]12COC[C@H]1CN(Cc1ccncc1)C2)c1ccno1.O=C(O)C(F)(F)F.O=C(O)C(F)(F)F. The van der Waals surface area contributed by atoms with Crippen molar-refractivity contribution in [2.75, 3.05) is 32.8 Å². The van der Waals surface area contributed by atoms with Crippen LogP contribution >= 0.6 is 0 Å². The Balaban J connectivity index is 0.000000301. The lowest BCUT2D eigenvalue weighted by Gasteiger charge is -2.27. The van der Waals surface area contributed by atoms with Gasteiger partial charge in [-0.3, -0.25) is 14.7 Å². The summed E-state index contributed by atoms with van der Waals surface area (Å²) in [6.07, 6.45) is -5.05. The van der Waals surface area contributed by atoms with Crippen molar-refractivity contribution in [1.82, 2.24) is 20.4 Å². The maximum atomic E-state index is 12.1. The number of carboxylic acid groups (broad SMARTS) is 2. The number of likely N-dealkylation sites (tertiary alicyclic amines) is 1. The summed E-state index contributed by atoms with van der Waals surface area (Å²) in [7, 11) is 0. The summed E-state index contributed by atoms with van der Waals surface area (Å²) in [5.41, 5.74) is 1.23. The van der Waals surface area contributed by atoms with Crippen molar-refractivity contribution in [1.29, 1.82) is 0 Å². The Labute approximate surface area is 210 Å². The summed E-state index contributed by atoms with van der Waals surface area (Å²) < 4.78 is 74.1. The second-order valence-electron chi connectivity index (χ2n) is 8.26. The molecule has 0 aromatic carbocycles. The number of ether oxygens (including phenoxy) is 1. The first-order valence-corrected chi connectivity index (χ1v) is 10.6. The van der Waals surface area contributed by atoms with Crippen LogP contribution in [0.5, 0.6) is 0 Å². The number of carboxylic acids is 2. The molecule has 3 N–H and O–H groups in total. The van der Waals surface area contributed by atoms with Gasteiger partial charge in [-0.2, -0.15) is 26.3 Å². The van der Waals surface area contributed by atoms with Gasteiger partial charge in [-0.05, 0) is 17.7 Å². The molecule has 0 unspecified atom stereocenters. The van der Waals surface area contributed by atoms with Crippen molar-refractivity contribution in [2.45, 2.75) is 18.9 Å². The Bertz CT molecular complexity index is 1040. The fraction of sp³-hybridized carbons (Fsp3) is 0.476. The topological polar surface area (TPSA) is 155 Å². The molecule has 38 heavy (non-hydrogen) atoms. The number of nitrogens with one attached hydrogen (secondary N) is 1. The summed E-state index contributed by atoms with van der Waals surface area (Å²) in [5, 5.41) is 20.8. The fourth-order valence-electron chi connectivity index (χ4n) is 3.74. The van der Waals surface area contributed by atoms with Crippen LogP contribution in [-0.4, -0.2) is 88.3 Å². The number of nitrogens with zero attached hydrogens (tertiary/aromatic N) is 3. The van der Waals surface area contributed by atoms with Gasteiger partial charge in [0.05, 0.1) is 19.4 Å². The molecule has 0 radical (unpaired) electrons. The summed E-state index contributed by atoms with van der Waals surface area (Å²) in [4.78, 5) is 36.4. The minimum absolute atomic E-state index is 0.0251. The van der Waals surface area contributed by atoms with Gasteiger partial charge in [-0.1, -0.05) is 5.16 Å². The summed E-state index contributed by atoms with van der Waals surface area (Å²) in [6.45, 7) is 4.82. The number of aromatic nitrogens is 2. The van der Waals surface area contributed by atoms with Gasteiger partial charge in [0.1, 0.15) is 0 Å². The molecule has 4 heterocycles. The number of carbonyl (C=O) groups is 3. The predicted octanol–water partition coefficient (Wildman–Crippen LogP) is 2.21. The molecule has 210 valence electrons. The molecule has 0 aliphatic carbocycles. The molecule has 0 spiro atoms. The molecule has 2 saturated heterocycles. The number of halogens is 6. The average Bonchev–Trinajstić information content (AvgIpc) is 3.54. The molecule has 1 amide bonds. The van der Waals surface area contributed by atoms with Gasteiger partial charge in [-0.15, -0.1) is 0 Å². The summed E-state index contributed by atoms with van der Waals surface area (Å²) >= 11 is 0. The van der Waals surface area contributed by atoms with E-state index in [0.29, 0.717) is 19.1 Å². The Morgan fingerprint density at radius 2 is 1.61 bits per heavy atom. The normalized spacial score (nSPS) is 20.8. The van der Waals surface area contributed by atoms with Crippen LogP contribution in [0.15, 0.2) is 41.3 Å². The zero-order valence-electron chi connectivity index (χ0n) is 19.3. The van der Waals surface area contributed by atoms with Crippen LogP contribution < -0.4 is 5.32 Å². The first-order valence-electron chi connectivity index (χ1n) is 10.6. The molecule has 0 saturated carbocycles. The van der Waals surface area contributed by atoms with Crippen LogP contribution in [0.1, 0.15) is 16.1 Å². The zero-order chi connectivity index (χ0) is 28.6. The number of fused-ring (bicyclic) bond motifs is 1. The van der Waals surface area contributed by atoms with Gasteiger partial charge in [0, 0.05) is 56.0 Å². The monoisotopic (exact) mass is 556 g/mol. The van der Waals surface area contributed by atoms with E-state index < -0.39 is 24.3 Å². The van der Waals surface area contributed by atoms with Crippen molar-refractivity contribution in [2.24, 2.45) is 11.3 Å². The maximum Gasteiger partial charge on any atom is 0.490 e. The molecular formula is C21H22F6N4O7. The van der Waals surface area contributed by atoms with Gasteiger partial charge in [-0.25, -0.2) is 9.59 Å². The maximum absolute atomic E-state index is 12.1. The Hall–Kier alpha value is -3.73. The van der Waals surface area contributed by atoms with Crippen molar-refractivity contribution in [3.63, 3.8) is 0 Å². The highest BCUT2D eigenvalue weighted by Crippen LogP contribution is 2.41. The number of aliphatic carboxylic acids is 2. The molecule has 2 aliphatic heterocycles. The van der Waals surface area contributed by atoms with Crippen molar-refractivity contribution >= 4 is 17.8 Å². The van der Waals surface area contributed by atoms with Crippen LogP contribution in [0.2, 0.25) is 0 Å². The van der Waals surface area contributed by atoms with Crippen molar-refractivity contribution in [3.8, 4) is 0 Å². The highest BCUT2D eigenvalue weighted by Gasteiger charge is 2.50. The Morgan fingerprint density at radius 3 is 2.11 bits per heavy atom. The third-order valence-electron chi connectivity index (χ3n) is 5.49. The minimum atomic E-state index is -5.08. The minimum Gasteiger partial charge on any atom is -0.475 e. The molecule has 2 aliphatic rings. The van der Waals surface area contributed by atoms with Gasteiger partial charge in [0.2, 0.25) is 5.76 Å². The van der Waals surface area contributed by atoms with E-state index in [9.17, 15) is 31.1 Å². The lowest BCUT2D eigenvalue weighted by molar-refractivity contribution is -0.193. The molecule has 11 nitrogen and oxygen atoms in total. The number of rotatable bonds is 5. The van der Waals surface area contributed by atoms with E-state index in [4.69, 9.17) is 29.1 Å². The third-order valence-corrected chi connectivity index (χ3v) is 5.49. The first kappa shape index (κ1) is 30.5. The van der Waals surface area contributed by atoms with Crippen LogP contribution in [0.4, 0.5) is 26.3 Å². The lowest BCUT2D eigenvalue weighted by Crippen LogP contribution is -2.43. The molecule has 2 fully saturated rings. The number of pyridine rings is 1. The van der Waals surface area contributed by atoms with Gasteiger partial charge < -0.3 is 24.8 Å². The molecule has 17 heteroatoms. The fourth-order valence-corrected chi connectivity index (χ4v) is 3.74. The molecular weight excluding hydrogens is 534 g/mol. The molecule has 2 aromatic heterocycles. The van der Waals surface area contributed by atoms with E-state index in [1.807, 2.05) is 24.5 Å². The van der Waals surface area contributed by atoms with Crippen LogP contribution in [0.25, 0.3) is 0 Å². The van der Waals surface area contributed by atoms with Gasteiger partial charge in [0.25, 0.3) is 5.91 Å².